The fourth-order valence-electron chi connectivity index (χ4n) is 2.07. The molecule has 0 aliphatic heterocycles. The summed E-state index contributed by atoms with van der Waals surface area (Å²) in [5.41, 5.74) is 2.05. The lowest BCUT2D eigenvalue weighted by atomic mass is 10.00. The number of allylic oxidation sites excluding steroid dienone is 1. The van der Waals surface area contributed by atoms with Gasteiger partial charge in [-0.05, 0) is 38.3 Å². The van der Waals surface area contributed by atoms with E-state index < -0.39 is 6.10 Å². The van der Waals surface area contributed by atoms with E-state index in [0.717, 1.165) is 49.0 Å². The molecule has 1 aromatic rings. The normalized spacial score (nSPS) is 12.2. The highest BCUT2D eigenvalue weighted by Gasteiger charge is 2.12. The molecule has 1 unspecified atom stereocenters. The largest absolute Gasteiger partial charge is 0.496 e. The Kier molecular flexibility index (Phi) is 6.51. The van der Waals surface area contributed by atoms with Crippen molar-refractivity contribution in [3.63, 3.8) is 0 Å². The van der Waals surface area contributed by atoms with E-state index in [1.165, 1.54) is 0 Å². The van der Waals surface area contributed by atoms with Crippen molar-refractivity contribution in [3.8, 4) is 5.75 Å². The van der Waals surface area contributed by atoms with Gasteiger partial charge in [-0.1, -0.05) is 30.5 Å². The first-order valence-electron chi connectivity index (χ1n) is 6.62. The van der Waals surface area contributed by atoms with E-state index >= 15 is 0 Å². The zero-order chi connectivity index (χ0) is 13.4. The molecule has 1 N–H and O–H groups in total. The van der Waals surface area contributed by atoms with Crippen LogP contribution in [0.4, 0.5) is 0 Å². The van der Waals surface area contributed by atoms with Crippen LogP contribution in [0.5, 0.6) is 5.75 Å². The highest BCUT2D eigenvalue weighted by molar-refractivity contribution is 5.38. The number of ether oxygens (including phenoxy) is 1. The predicted molar refractivity (Wildman–Crippen MR) is 76.0 cm³/mol. The summed E-state index contributed by atoms with van der Waals surface area (Å²) in [4.78, 5) is 0. The summed E-state index contributed by atoms with van der Waals surface area (Å²) in [6.45, 7) is 5.74. The van der Waals surface area contributed by atoms with Crippen LogP contribution in [0.15, 0.2) is 30.9 Å². The molecule has 18 heavy (non-hydrogen) atoms. The summed E-state index contributed by atoms with van der Waals surface area (Å²) in [5.74, 6) is 0.777. The second-order valence-corrected chi connectivity index (χ2v) is 4.69. The van der Waals surface area contributed by atoms with Crippen LogP contribution in [-0.4, -0.2) is 12.2 Å². The van der Waals surface area contributed by atoms with Gasteiger partial charge in [-0.25, -0.2) is 0 Å². The van der Waals surface area contributed by atoms with Gasteiger partial charge in [0.15, 0.2) is 0 Å². The van der Waals surface area contributed by atoms with Crippen molar-refractivity contribution in [1.29, 1.82) is 0 Å². The number of aryl methyl sites for hydroxylation is 1. The average molecular weight is 248 g/mol. The highest BCUT2D eigenvalue weighted by atomic mass is 16.5. The van der Waals surface area contributed by atoms with Crippen LogP contribution in [-0.2, 0) is 0 Å². The minimum absolute atomic E-state index is 0.427. The number of aliphatic hydroxyl groups excluding tert-OH is 1. The van der Waals surface area contributed by atoms with Gasteiger partial charge in [0.05, 0.1) is 13.2 Å². The quantitative estimate of drug-likeness (QED) is 0.552. The lowest BCUT2D eigenvalue weighted by Gasteiger charge is -2.15. The van der Waals surface area contributed by atoms with Gasteiger partial charge in [-0.2, -0.15) is 0 Å². The van der Waals surface area contributed by atoms with E-state index in [9.17, 15) is 5.11 Å². The van der Waals surface area contributed by atoms with Crippen LogP contribution in [0, 0.1) is 6.92 Å². The third-order valence-corrected chi connectivity index (χ3v) is 3.13. The zero-order valence-corrected chi connectivity index (χ0v) is 11.5. The number of unbranched alkanes of at least 4 members (excludes halogenated alkanes) is 3. The number of hydrogen-bond donors (Lipinski definition) is 1. The fourth-order valence-corrected chi connectivity index (χ4v) is 2.07. The Labute approximate surface area is 110 Å². The van der Waals surface area contributed by atoms with E-state index in [2.05, 4.69) is 6.58 Å². The molecule has 0 saturated heterocycles. The molecule has 0 heterocycles. The van der Waals surface area contributed by atoms with E-state index in [4.69, 9.17) is 4.74 Å². The van der Waals surface area contributed by atoms with Gasteiger partial charge in [-0.3, -0.25) is 0 Å². The van der Waals surface area contributed by atoms with Crippen molar-refractivity contribution in [2.45, 2.75) is 45.1 Å². The smallest absolute Gasteiger partial charge is 0.124 e. The van der Waals surface area contributed by atoms with Gasteiger partial charge in [0.25, 0.3) is 0 Å². The Bertz CT molecular complexity index is 371. The van der Waals surface area contributed by atoms with Crippen LogP contribution >= 0.6 is 0 Å². The number of methoxy groups -OCH3 is 1. The van der Waals surface area contributed by atoms with Gasteiger partial charge in [0.1, 0.15) is 5.75 Å². The van der Waals surface area contributed by atoms with Crippen molar-refractivity contribution < 1.29 is 9.84 Å². The molecule has 0 bridgehead atoms. The summed E-state index contributed by atoms with van der Waals surface area (Å²) >= 11 is 0. The average Bonchev–Trinajstić information content (AvgIpc) is 2.38. The molecular weight excluding hydrogens is 224 g/mol. The lowest BCUT2D eigenvalue weighted by molar-refractivity contribution is 0.159. The third kappa shape index (κ3) is 4.53. The number of hydrogen-bond acceptors (Lipinski definition) is 2. The van der Waals surface area contributed by atoms with Crippen LogP contribution in [0.1, 0.15) is 49.3 Å². The Morgan fingerprint density at radius 3 is 2.78 bits per heavy atom. The van der Waals surface area contributed by atoms with E-state index in [1.54, 1.807) is 7.11 Å². The summed E-state index contributed by atoms with van der Waals surface area (Å²) in [7, 11) is 1.64. The molecule has 1 aromatic carbocycles. The highest BCUT2D eigenvalue weighted by Crippen LogP contribution is 2.29. The van der Waals surface area contributed by atoms with Crippen molar-refractivity contribution in [2.24, 2.45) is 0 Å². The lowest BCUT2D eigenvalue weighted by Crippen LogP contribution is -2.01. The molecule has 2 nitrogen and oxygen atoms in total. The monoisotopic (exact) mass is 248 g/mol. The molecule has 1 rings (SSSR count). The molecule has 0 aromatic heterocycles. The van der Waals surface area contributed by atoms with E-state index in [-0.39, 0.29) is 0 Å². The first-order chi connectivity index (χ1) is 8.69. The van der Waals surface area contributed by atoms with E-state index in [1.807, 2.05) is 31.2 Å². The molecule has 0 spiro atoms. The topological polar surface area (TPSA) is 29.5 Å². The molecular formula is C16H24O2. The number of benzene rings is 1. The van der Waals surface area contributed by atoms with Crippen LogP contribution in [0.25, 0.3) is 0 Å². The van der Waals surface area contributed by atoms with Crippen LogP contribution < -0.4 is 4.74 Å². The minimum Gasteiger partial charge on any atom is -0.496 e. The van der Waals surface area contributed by atoms with Gasteiger partial charge in [-0.15, -0.1) is 6.58 Å². The molecule has 0 saturated carbocycles. The van der Waals surface area contributed by atoms with Crippen molar-refractivity contribution in [3.05, 3.63) is 42.0 Å². The maximum absolute atomic E-state index is 10.2. The van der Waals surface area contributed by atoms with E-state index in [0.29, 0.717) is 0 Å². The van der Waals surface area contributed by atoms with Crippen molar-refractivity contribution in [1.82, 2.24) is 0 Å². The fraction of sp³-hybridized carbons (Fsp3) is 0.500. The Morgan fingerprint density at radius 1 is 1.33 bits per heavy atom. The molecule has 100 valence electrons. The maximum atomic E-state index is 10.2. The Hall–Kier alpha value is -1.28. The van der Waals surface area contributed by atoms with Gasteiger partial charge < -0.3 is 9.84 Å². The maximum Gasteiger partial charge on any atom is 0.124 e. The molecule has 0 aliphatic rings. The van der Waals surface area contributed by atoms with Crippen LogP contribution in [0.2, 0.25) is 0 Å². The van der Waals surface area contributed by atoms with Gasteiger partial charge in [0, 0.05) is 5.56 Å². The second-order valence-electron chi connectivity index (χ2n) is 4.69. The molecule has 1 atom stereocenters. The summed E-state index contributed by atoms with van der Waals surface area (Å²) < 4.78 is 5.29. The number of aliphatic hydroxyl groups is 1. The van der Waals surface area contributed by atoms with Gasteiger partial charge >= 0.3 is 0 Å². The number of rotatable bonds is 8. The standard InChI is InChI=1S/C16H24O2/c1-4-5-6-7-8-9-15(17)14-12-13(2)10-11-16(14)18-3/h4,10-12,15,17H,1,5-9H2,2-3H3. The third-order valence-electron chi connectivity index (χ3n) is 3.13. The minimum atomic E-state index is -0.427. The predicted octanol–water partition coefficient (Wildman–Crippen LogP) is 4.17. The molecule has 0 fully saturated rings. The second kappa shape index (κ2) is 7.93. The van der Waals surface area contributed by atoms with Crippen LogP contribution in [0.3, 0.4) is 0 Å². The van der Waals surface area contributed by atoms with Crippen molar-refractivity contribution >= 4 is 0 Å². The molecule has 0 radical (unpaired) electrons. The summed E-state index contributed by atoms with van der Waals surface area (Å²) in [5, 5.41) is 10.2. The molecule has 0 amide bonds. The molecule has 0 aliphatic carbocycles. The Morgan fingerprint density at radius 2 is 2.11 bits per heavy atom. The van der Waals surface area contributed by atoms with Crippen molar-refractivity contribution in [2.75, 3.05) is 7.11 Å². The molecule has 2 heteroatoms. The zero-order valence-electron chi connectivity index (χ0n) is 11.5. The summed E-state index contributed by atoms with van der Waals surface area (Å²) in [6, 6.07) is 5.93. The first-order valence-corrected chi connectivity index (χ1v) is 6.62. The Balaban J connectivity index is 2.52. The SMILES string of the molecule is C=CCCCCCC(O)c1cc(C)ccc1OC. The first kappa shape index (κ1) is 14.8. The van der Waals surface area contributed by atoms with Gasteiger partial charge in [0.2, 0.25) is 0 Å². The summed E-state index contributed by atoms with van der Waals surface area (Å²) in [6.07, 6.45) is 6.69.